The van der Waals surface area contributed by atoms with Gasteiger partial charge in [0.05, 0.1) is 0 Å². The highest BCUT2D eigenvalue weighted by molar-refractivity contribution is 6.30. The van der Waals surface area contributed by atoms with Crippen LogP contribution in [-0.4, -0.2) is 17.4 Å². The topological polar surface area (TPSA) is 20.3 Å². The molecule has 2 atom stereocenters. The van der Waals surface area contributed by atoms with Gasteiger partial charge in [-0.15, -0.1) is 0 Å². The molecule has 2 fully saturated rings. The Morgan fingerprint density at radius 3 is 2.68 bits per heavy atom. The van der Waals surface area contributed by atoms with Crippen molar-refractivity contribution in [3.05, 3.63) is 34.9 Å². The maximum atomic E-state index is 12.5. The molecular weight excluding hydrogens is 258 g/mol. The van der Waals surface area contributed by atoms with E-state index < -0.39 is 0 Å². The standard InChI is InChI=1S/C16H20ClNO/c1-2-18(10-11-4-3-5-15(17)6-11)16(19)14-8-12-7-13(12)9-14/h3-6,12-14H,2,7-10H2,1H3. The van der Waals surface area contributed by atoms with Crippen molar-refractivity contribution in [2.24, 2.45) is 17.8 Å². The third kappa shape index (κ3) is 2.79. The van der Waals surface area contributed by atoms with Crippen molar-refractivity contribution in [3.63, 3.8) is 0 Å². The summed E-state index contributed by atoms with van der Waals surface area (Å²) in [6.45, 7) is 3.51. The average molecular weight is 278 g/mol. The van der Waals surface area contributed by atoms with E-state index in [9.17, 15) is 4.79 Å². The number of carbonyl (C=O) groups excluding carboxylic acids is 1. The minimum absolute atomic E-state index is 0.280. The van der Waals surface area contributed by atoms with Gasteiger partial charge >= 0.3 is 0 Å². The van der Waals surface area contributed by atoms with Crippen LogP contribution in [0.1, 0.15) is 31.7 Å². The Balaban J connectivity index is 1.65. The SMILES string of the molecule is CCN(Cc1cccc(Cl)c1)C(=O)C1CC2CC2C1. The van der Waals surface area contributed by atoms with E-state index in [2.05, 4.69) is 6.92 Å². The first-order chi connectivity index (χ1) is 9.17. The molecule has 0 bridgehead atoms. The molecule has 0 radical (unpaired) electrons. The normalized spacial score (nSPS) is 28.0. The van der Waals surface area contributed by atoms with Gasteiger partial charge in [-0.3, -0.25) is 4.79 Å². The molecule has 2 unspecified atom stereocenters. The van der Waals surface area contributed by atoms with Crippen molar-refractivity contribution in [1.29, 1.82) is 0 Å². The number of amides is 1. The van der Waals surface area contributed by atoms with Crippen molar-refractivity contribution < 1.29 is 4.79 Å². The van der Waals surface area contributed by atoms with Crippen molar-refractivity contribution in [1.82, 2.24) is 4.90 Å². The van der Waals surface area contributed by atoms with Crippen LogP contribution in [0.3, 0.4) is 0 Å². The summed E-state index contributed by atoms with van der Waals surface area (Å²) in [6.07, 6.45) is 3.61. The van der Waals surface area contributed by atoms with Crippen LogP contribution in [0, 0.1) is 17.8 Å². The fourth-order valence-electron chi connectivity index (χ4n) is 3.38. The first-order valence-electron chi connectivity index (χ1n) is 7.20. The van der Waals surface area contributed by atoms with Gasteiger partial charge in [0.2, 0.25) is 5.91 Å². The molecule has 1 aromatic carbocycles. The van der Waals surface area contributed by atoms with Gasteiger partial charge < -0.3 is 4.90 Å². The molecule has 0 N–H and O–H groups in total. The second-order valence-electron chi connectivity index (χ2n) is 5.91. The lowest BCUT2D eigenvalue weighted by Crippen LogP contribution is -2.35. The zero-order chi connectivity index (χ0) is 13.4. The maximum absolute atomic E-state index is 12.5. The molecule has 2 saturated carbocycles. The maximum Gasteiger partial charge on any atom is 0.225 e. The quantitative estimate of drug-likeness (QED) is 0.821. The van der Waals surface area contributed by atoms with Gasteiger partial charge in [0, 0.05) is 24.0 Å². The summed E-state index contributed by atoms with van der Waals surface area (Å²) in [6, 6.07) is 7.80. The first-order valence-corrected chi connectivity index (χ1v) is 7.58. The van der Waals surface area contributed by atoms with Crippen LogP contribution in [0.15, 0.2) is 24.3 Å². The van der Waals surface area contributed by atoms with Crippen LogP contribution in [0.5, 0.6) is 0 Å². The lowest BCUT2D eigenvalue weighted by molar-refractivity contribution is -0.136. The minimum atomic E-state index is 0.280. The summed E-state index contributed by atoms with van der Waals surface area (Å²) in [4.78, 5) is 14.5. The molecule has 2 aliphatic rings. The number of fused-ring (bicyclic) bond motifs is 1. The molecule has 2 nitrogen and oxygen atoms in total. The summed E-state index contributed by atoms with van der Waals surface area (Å²) >= 11 is 6.00. The highest BCUT2D eigenvalue weighted by Crippen LogP contribution is 2.54. The van der Waals surface area contributed by atoms with E-state index in [1.165, 1.54) is 6.42 Å². The van der Waals surface area contributed by atoms with E-state index in [0.717, 1.165) is 41.8 Å². The lowest BCUT2D eigenvalue weighted by atomic mass is 10.0. The van der Waals surface area contributed by atoms with Crippen LogP contribution in [0.4, 0.5) is 0 Å². The van der Waals surface area contributed by atoms with Gasteiger partial charge in [0.15, 0.2) is 0 Å². The van der Waals surface area contributed by atoms with E-state index in [4.69, 9.17) is 11.6 Å². The molecule has 2 aliphatic carbocycles. The molecule has 0 saturated heterocycles. The van der Waals surface area contributed by atoms with E-state index >= 15 is 0 Å². The molecule has 102 valence electrons. The second-order valence-corrected chi connectivity index (χ2v) is 6.34. The van der Waals surface area contributed by atoms with Crippen LogP contribution in [-0.2, 0) is 11.3 Å². The van der Waals surface area contributed by atoms with Crippen LogP contribution >= 0.6 is 11.6 Å². The Morgan fingerprint density at radius 1 is 1.32 bits per heavy atom. The van der Waals surface area contributed by atoms with Gasteiger partial charge in [-0.25, -0.2) is 0 Å². The van der Waals surface area contributed by atoms with Crippen LogP contribution in [0.2, 0.25) is 5.02 Å². The lowest BCUT2D eigenvalue weighted by Gasteiger charge is -2.25. The van der Waals surface area contributed by atoms with E-state index in [1.54, 1.807) is 0 Å². The molecule has 1 aromatic rings. The number of carbonyl (C=O) groups is 1. The van der Waals surface area contributed by atoms with E-state index in [1.807, 2.05) is 29.2 Å². The Kier molecular flexibility index (Phi) is 3.53. The third-order valence-electron chi connectivity index (χ3n) is 4.55. The van der Waals surface area contributed by atoms with Gasteiger partial charge in [-0.05, 0) is 55.7 Å². The average Bonchev–Trinajstić information content (AvgIpc) is 3.02. The predicted molar refractivity (Wildman–Crippen MR) is 76.9 cm³/mol. The Bertz CT molecular complexity index is 477. The Hall–Kier alpha value is -1.02. The Morgan fingerprint density at radius 2 is 2.05 bits per heavy atom. The number of benzene rings is 1. The number of hydrogen-bond acceptors (Lipinski definition) is 1. The summed E-state index contributed by atoms with van der Waals surface area (Å²) in [5.41, 5.74) is 1.12. The molecule has 0 aromatic heterocycles. The highest BCUT2D eigenvalue weighted by atomic mass is 35.5. The number of rotatable bonds is 4. The summed E-state index contributed by atoms with van der Waals surface area (Å²) in [7, 11) is 0. The summed E-state index contributed by atoms with van der Waals surface area (Å²) in [5, 5.41) is 0.739. The summed E-state index contributed by atoms with van der Waals surface area (Å²) in [5.74, 6) is 2.34. The number of halogens is 1. The van der Waals surface area contributed by atoms with Gasteiger partial charge in [-0.2, -0.15) is 0 Å². The van der Waals surface area contributed by atoms with Crippen molar-refractivity contribution >= 4 is 17.5 Å². The smallest absolute Gasteiger partial charge is 0.225 e. The molecule has 3 rings (SSSR count). The van der Waals surface area contributed by atoms with Crippen LogP contribution < -0.4 is 0 Å². The third-order valence-corrected chi connectivity index (χ3v) is 4.78. The zero-order valence-electron chi connectivity index (χ0n) is 11.3. The molecule has 3 heteroatoms. The molecule has 0 aliphatic heterocycles. The zero-order valence-corrected chi connectivity index (χ0v) is 12.1. The molecule has 1 amide bonds. The van der Waals surface area contributed by atoms with Crippen LogP contribution in [0.25, 0.3) is 0 Å². The molecule has 0 spiro atoms. The van der Waals surface area contributed by atoms with Crippen molar-refractivity contribution in [3.8, 4) is 0 Å². The molecule has 0 heterocycles. The number of nitrogens with zero attached hydrogens (tertiary/aromatic N) is 1. The van der Waals surface area contributed by atoms with E-state index in [-0.39, 0.29) is 5.92 Å². The predicted octanol–water partition coefficient (Wildman–Crippen LogP) is 3.73. The minimum Gasteiger partial charge on any atom is -0.338 e. The van der Waals surface area contributed by atoms with E-state index in [0.29, 0.717) is 12.5 Å². The summed E-state index contributed by atoms with van der Waals surface area (Å²) < 4.78 is 0. The second kappa shape index (κ2) is 5.16. The molecule has 19 heavy (non-hydrogen) atoms. The highest BCUT2D eigenvalue weighted by Gasteiger charge is 2.48. The fraction of sp³-hybridized carbons (Fsp3) is 0.562. The van der Waals surface area contributed by atoms with Gasteiger partial charge in [0.25, 0.3) is 0 Å². The van der Waals surface area contributed by atoms with Gasteiger partial charge in [-0.1, -0.05) is 23.7 Å². The largest absolute Gasteiger partial charge is 0.338 e. The molecular formula is C16H20ClNO. The Labute approximate surface area is 119 Å². The monoisotopic (exact) mass is 277 g/mol. The van der Waals surface area contributed by atoms with Gasteiger partial charge in [0.1, 0.15) is 0 Å². The first kappa shape index (κ1) is 13.0. The number of hydrogen-bond donors (Lipinski definition) is 0. The van der Waals surface area contributed by atoms with Crippen molar-refractivity contribution in [2.45, 2.75) is 32.7 Å². The fourth-order valence-corrected chi connectivity index (χ4v) is 3.59. The van der Waals surface area contributed by atoms with Crippen molar-refractivity contribution in [2.75, 3.05) is 6.54 Å².